The van der Waals surface area contributed by atoms with Crippen LogP contribution in [0.1, 0.15) is 43.0 Å². The molecule has 4 heteroatoms. The fourth-order valence-corrected chi connectivity index (χ4v) is 2.28. The van der Waals surface area contributed by atoms with Gasteiger partial charge in [-0.3, -0.25) is 0 Å². The SMILES string of the molecule is CCCn1c(C)nnc1CCC(N)c1ccccc1. The Kier molecular flexibility index (Phi) is 4.68. The van der Waals surface area contributed by atoms with Crippen LogP contribution in [0.2, 0.25) is 0 Å². The third-order valence-electron chi connectivity index (χ3n) is 3.37. The molecular weight excluding hydrogens is 236 g/mol. The van der Waals surface area contributed by atoms with E-state index in [9.17, 15) is 0 Å². The third-order valence-corrected chi connectivity index (χ3v) is 3.37. The lowest BCUT2D eigenvalue weighted by molar-refractivity contribution is 0.579. The van der Waals surface area contributed by atoms with Gasteiger partial charge >= 0.3 is 0 Å². The van der Waals surface area contributed by atoms with Gasteiger partial charge < -0.3 is 10.3 Å². The lowest BCUT2D eigenvalue weighted by Gasteiger charge is -2.12. The molecule has 19 heavy (non-hydrogen) atoms. The Bertz CT molecular complexity index is 504. The first-order chi connectivity index (χ1) is 9.22. The Labute approximate surface area is 114 Å². The maximum absolute atomic E-state index is 6.22. The summed E-state index contributed by atoms with van der Waals surface area (Å²) in [5.41, 5.74) is 7.40. The van der Waals surface area contributed by atoms with Crippen LogP contribution in [0.25, 0.3) is 0 Å². The molecule has 0 bridgehead atoms. The summed E-state index contributed by atoms with van der Waals surface area (Å²) in [6.45, 7) is 5.15. The molecule has 4 nitrogen and oxygen atoms in total. The highest BCUT2D eigenvalue weighted by Crippen LogP contribution is 2.16. The fraction of sp³-hybridized carbons (Fsp3) is 0.467. The Balaban J connectivity index is 1.99. The van der Waals surface area contributed by atoms with Crippen molar-refractivity contribution in [1.82, 2.24) is 14.8 Å². The molecule has 1 aromatic heterocycles. The first-order valence-electron chi connectivity index (χ1n) is 6.91. The molecule has 1 atom stereocenters. The number of nitrogens with zero attached hydrogens (tertiary/aromatic N) is 3. The second-order valence-corrected chi connectivity index (χ2v) is 4.87. The number of hydrogen-bond acceptors (Lipinski definition) is 3. The Hall–Kier alpha value is -1.68. The largest absolute Gasteiger partial charge is 0.324 e. The minimum atomic E-state index is 0.0632. The molecule has 0 fully saturated rings. The van der Waals surface area contributed by atoms with Crippen LogP contribution in [0, 0.1) is 6.92 Å². The molecular formula is C15H22N4. The summed E-state index contributed by atoms with van der Waals surface area (Å²) in [6.07, 6.45) is 2.86. The zero-order valence-electron chi connectivity index (χ0n) is 11.7. The molecule has 2 rings (SSSR count). The van der Waals surface area contributed by atoms with Crippen molar-refractivity contribution in [3.63, 3.8) is 0 Å². The molecule has 0 saturated carbocycles. The summed E-state index contributed by atoms with van der Waals surface area (Å²) < 4.78 is 2.19. The molecule has 1 unspecified atom stereocenters. The summed E-state index contributed by atoms with van der Waals surface area (Å²) in [6, 6.07) is 10.3. The third kappa shape index (κ3) is 3.41. The first-order valence-corrected chi connectivity index (χ1v) is 6.91. The molecule has 0 amide bonds. The van der Waals surface area contributed by atoms with Crippen molar-refractivity contribution < 1.29 is 0 Å². The predicted octanol–water partition coefficient (Wildman–Crippen LogP) is 2.63. The zero-order valence-corrected chi connectivity index (χ0v) is 11.7. The lowest BCUT2D eigenvalue weighted by Crippen LogP contribution is -2.13. The van der Waals surface area contributed by atoms with E-state index in [0.717, 1.165) is 37.5 Å². The molecule has 2 N–H and O–H groups in total. The van der Waals surface area contributed by atoms with E-state index in [1.54, 1.807) is 0 Å². The molecule has 1 aromatic carbocycles. The number of rotatable bonds is 6. The zero-order chi connectivity index (χ0) is 13.7. The number of aryl methyl sites for hydroxylation is 2. The van der Waals surface area contributed by atoms with Crippen molar-refractivity contribution in [2.75, 3.05) is 0 Å². The highest BCUT2D eigenvalue weighted by Gasteiger charge is 2.11. The van der Waals surface area contributed by atoms with Gasteiger partial charge in [0.1, 0.15) is 11.6 Å². The van der Waals surface area contributed by atoms with Gasteiger partial charge in [0.15, 0.2) is 0 Å². The van der Waals surface area contributed by atoms with Crippen LogP contribution in [0.4, 0.5) is 0 Å². The van der Waals surface area contributed by atoms with Crippen LogP contribution in [0.5, 0.6) is 0 Å². The van der Waals surface area contributed by atoms with Gasteiger partial charge in [0.25, 0.3) is 0 Å². The van der Waals surface area contributed by atoms with E-state index < -0.39 is 0 Å². The quantitative estimate of drug-likeness (QED) is 0.866. The monoisotopic (exact) mass is 258 g/mol. The second-order valence-electron chi connectivity index (χ2n) is 4.87. The topological polar surface area (TPSA) is 56.7 Å². The van der Waals surface area contributed by atoms with Crippen molar-refractivity contribution in [2.45, 2.75) is 45.7 Å². The summed E-state index contributed by atoms with van der Waals surface area (Å²) in [4.78, 5) is 0. The highest BCUT2D eigenvalue weighted by atomic mass is 15.3. The van der Waals surface area contributed by atoms with Crippen LogP contribution >= 0.6 is 0 Å². The normalized spacial score (nSPS) is 12.6. The van der Waals surface area contributed by atoms with Crippen LogP contribution < -0.4 is 5.73 Å². The molecule has 0 aliphatic heterocycles. The van der Waals surface area contributed by atoms with E-state index >= 15 is 0 Å². The molecule has 0 spiro atoms. The van der Waals surface area contributed by atoms with Gasteiger partial charge in [-0.15, -0.1) is 10.2 Å². The number of aromatic nitrogens is 3. The van der Waals surface area contributed by atoms with Gasteiger partial charge in [0, 0.05) is 19.0 Å². The van der Waals surface area contributed by atoms with Crippen LogP contribution in [-0.2, 0) is 13.0 Å². The average molecular weight is 258 g/mol. The van der Waals surface area contributed by atoms with E-state index in [0.29, 0.717) is 0 Å². The number of benzene rings is 1. The summed E-state index contributed by atoms with van der Waals surface area (Å²) in [5.74, 6) is 2.04. The van der Waals surface area contributed by atoms with E-state index in [4.69, 9.17) is 5.73 Å². The Morgan fingerprint density at radius 3 is 2.63 bits per heavy atom. The van der Waals surface area contributed by atoms with Crippen LogP contribution in [0.3, 0.4) is 0 Å². The van der Waals surface area contributed by atoms with Gasteiger partial charge in [0.2, 0.25) is 0 Å². The fourth-order valence-electron chi connectivity index (χ4n) is 2.28. The van der Waals surface area contributed by atoms with E-state index in [1.807, 2.05) is 25.1 Å². The molecule has 0 saturated heterocycles. The van der Waals surface area contributed by atoms with Gasteiger partial charge in [-0.1, -0.05) is 37.3 Å². The second kappa shape index (κ2) is 6.48. The Morgan fingerprint density at radius 1 is 1.21 bits per heavy atom. The van der Waals surface area contributed by atoms with Crippen molar-refractivity contribution in [2.24, 2.45) is 5.73 Å². The van der Waals surface area contributed by atoms with Crippen LogP contribution in [0.15, 0.2) is 30.3 Å². The molecule has 0 aliphatic rings. The van der Waals surface area contributed by atoms with Crippen molar-refractivity contribution in [3.05, 3.63) is 47.5 Å². The van der Waals surface area contributed by atoms with E-state index in [1.165, 1.54) is 5.56 Å². The van der Waals surface area contributed by atoms with Crippen LogP contribution in [-0.4, -0.2) is 14.8 Å². The highest BCUT2D eigenvalue weighted by molar-refractivity contribution is 5.18. The molecule has 102 valence electrons. The van der Waals surface area contributed by atoms with Gasteiger partial charge in [-0.2, -0.15) is 0 Å². The smallest absolute Gasteiger partial charge is 0.133 e. The Morgan fingerprint density at radius 2 is 1.95 bits per heavy atom. The maximum Gasteiger partial charge on any atom is 0.133 e. The molecule has 1 heterocycles. The molecule has 0 aliphatic carbocycles. The lowest BCUT2D eigenvalue weighted by atomic mass is 10.0. The predicted molar refractivity (Wildman–Crippen MR) is 76.7 cm³/mol. The van der Waals surface area contributed by atoms with Crippen molar-refractivity contribution >= 4 is 0 Å². The average Bonchev–Trinajstić information content (AvgIpc) is 2.79. The standard InChI is InChI=1S/C15H22N4/c1-3-11-19-12(2)17-18-15(19)10-9-14(16)13-7-5-4-6-8-13/h4-8,14H,3,9-11,16H2,1-2H3. The maximum atomic E-state index is 6.22. The molecule has 2 aromatic rings. The van der Waals surface area contributed by atoms with Crippen molar-refractivity contribution in [3.8, 4) is 0 Å². The summed E-state index contributed by atoms with van der Waals surface area (Å²) in [7, 11) is 0. The van der Waals surface area contributed by atoms with Gasteiger partial charge in [0.05, 0.1) is 0 Å². The van der Waals surface area contributed by atoms with E-state index in [-0.39, 0.29) is 6.04 Å². The summed E-state index contributed by atoms with van der Waals surface area (Å²) in [5, 5.41) is 8.42. The molecule has 0 radical (unpaired) electrons. The minimum absolute atomic E-state index is 0.0632. The summed E-state index contributed by atoms with van der Waals surface area (Å²) >= 11 is 0. The first kappa shape index (κ1) is 13.7. The van der Waals surface area contributed by atoms with Crippen molar-refractivity contribution in [1.29, 1.82) is 0 Å². The minimum Gasteiger partial charge on any atom is -0.324 e. The van der Waals surface area contributed by atoms with Gasteiger partial charge in [-0.25, -0.2) is 0 Å². The number of nitrogens with two attached hydrogens (primary N) is 1. The van der Waals surface area contributed by atoms with E-state index in [2.05, 4.69) is 33.8 Å². The van der Waals surface area contributed by atoms with Gasteiger partial charge in [-0.05, 0) is 25.3 Å². The number of hydrogen-bond donors (Lipinski definition) is 1.